The van der Waals surface area contributed by atoms with Crippen molar-refractivity contribution < 1.29 is 4.74 Å². The molecular weight excluding hydrogens is 429 g/mol. The Kier molecular flexibility index (Phi) is 13.5. The predicted octanol–water partition coefficient (Wildman–Crippen LogP) is 2.88. The average Bonchev–Trinajstić information content (AvgIpc) is 2.55. The van der Waals surface area contributed by atoms with Crippen molar-refractivity contribution in [1.82, 2.24) is 15.6 Å². The van der Waals surface area contributed by atoms with Crippen LogP contribution in [0.25, 0.3) is 0 Å². The molecule has 0 unspecified atom stereocenters. The van der Waals surface area contributed by atoms with E-state index in [2.05, 4.69) is 47.4 Å². The van der Waals surface area contributed by atoms with Crippen LogP contribution in [0.15, 0.2) is 23.3 Å². The molecule has 0 aliphatic rings. The molecule has 0 amide bonds. The normalized spacial score (nSPS) is 11.2. The highest BCUT2D eigenvalue weighted by atomic mass is 127. The summed E-state index contributed by atoms with van der Waals surface area (Å²) in [5.41, 5.74) is 1.14. The maximum Gasteiger partial charge on any atom is 0.191 e. The molecule has 0 aliphatic carbocycles. The van der Waals surface area contributed by atoms with Gasteiger partial charge in [-0.2, -0.15) is 0 Å². The summed E-state index contributed by atoms with van der Waals surface area (Å²) in [6.45, 7) is 10.2. The topological polar surface area (TPSA) is 61.8 Å². The number of halogens is 1. The van der Waals surface area contributed by atoms with Crippen molar-refractivity contribution in [2.75, 3.05) is 45.3 Å². The molecule has 1 rings (SSSR count). The lowest BCUT2D eigenvalue weighted by Gasteiger charge is -2.13. The number of nitrogens with zero attached hydrogens (tertiary/aromatic N) is 3. The Balaban J connectivity index is 0.00000576. The van der Waals surface area contributed by atoms with E-state index in [4.69, 9.17) is 4.74 Å². The van der Waals surface area contributed by atoms with Gasteiger partial charge in [-0.3, -0.25) is 0 Å². The number of rotatable bonds is 10. The van der Waals surface area contributed by atoms with E-state index < -0.39 is 0 Å². The fourth-order valence-electron chi connectivity index (χ4n) is 1.98. The van der Waals surface area contributed by atoms with Crippen molar-refractivity contribution in [2.24, 2.45) is 10.9 Å². The molecule has 1 aromatic rings. The molecule has 0 saturated carbocycles. The molecule has 0 aliphatic heterocycles. The van der Waals surface area contributed by atoms with Gasteiger partial charge in [-0.1, -0.05) is 13.8 Å². The van der Waals surface area contributed by atoms with Gasteiger partial charge in [0.05, 0.1) is 13.2 Å². The number of aliphatic imine (C=N–C) groups is 1. The molecule has 0 fully saturated rings. The van der Waals surface area contributed by atoms with Crippen LogP contribution in [-0.4, -0.2) is 51.3 Å². The standard InChI is InChI=1S/C18H33N5O.HI/c1-6-19-18(21-10-12-24-11-8-15(2)3)22-14-16-7-9-20-17(13-16)23(4)5;/h7,9,13,15H,6,8,10-12,14H2,1-5H3,(H2,19,21,22);1H. The van der Waals surface area contributed by atoms with E-state index in [1.807, 2.05) is 31.3 Å². The Morgan fingerprint density at radius 1 is 1.28 bits per heavy atom. The molecule has 25 heavy (non-hydrogen) atoms. The van der Waals surface area contributed by atoms with E-state index >= 15 is 0 Å². The van der Waals surface area contributed by atoms with Gasteiger partial charge in [-0.15, -0.1) is 24.0 Å². The highest BCUT2D eigenvalue weighted by Gasteiger charge is 2.01. The van der Waals surface area contributed by atoms with Crippen molar-refractivity contribution in [1.29, 1.82) is 0 Å². The van der Waals surface area contributed by atoms with Gasteiger partial charge in [0.2, 0.25) is 0 Å². The summed E-state index contributed by atoms with van der Waals surface area (Å²) in [6, 6.07) is 4.05. The van der Waals surface area contributed by atoms with Crippen LogP contribution in [0.4, 0.5) is 5.82 Å². The predicted molar refractivity (Wildman–Crippen MR) is 117 cm³/mol. The third-order valence-electron chi connectivity index (χ3n) is 3.41. The second-order valence-electron chi connectivity index (χ2n) is 6.33. The van der Waals surface area contributed by atoms with Crippen LogP contribution in [-0.2, 0) is 11.3 Å². The SMILES string of the molecule is CCNC(=NCc1ccnc(N(C)C)c1)NCCOCCC(C)C.I. The van der Waals surface area contributed by atoms with Crippen LogP contribution in [0.3, 0.4) is 0 Å². The van der Waals surface area contributed by atoms with Crippen LogP contribution in [0.5, 0.6) is 0 Å². The first-order valence-corrected chi connectivity index (χ1v) is 8.75. The Bertz CT molecular complexity index is 494. The molecule has 0 saturated heterocycles. The van der Waals surface area contributed by atoms with Gasteiger partial charge in [0.15, 0.2) is 5.96 Å². The van der Waals surface area contributed by atoms with E-state index in [1.54, 1.807) is 0 Å². The first-order valence-electron chi connectivity index (χ1n) is 8.75. The largest absolute Gasteiger partial charge is 0.380 e. The van der Waals surface area contributed by atoms with Crippen molar-refractivity contribution in [3.05, 3.63) is 23.9 Å². The van der Waals surface area contributed by atoms with Gasteiger partial charge in [0.25, 0.3) is 0 Å². The van der Waals surface area contributed by atoms with Gasteiger partial charge in [0, 0.05) is 40.0 Å². The van der Waals surface area contributed by atoms with Gasteiger partial charge < -0.3 is 20.3 Å². The third-order valence-corrected chi connectivity index (χ3v) is 3.41. The zero-order valence-corrected chi connectivity index (χ0v) is 18.5. The number of hydrogen-bond acceptors (Lipinski definition) is 4. The van der Waals surface area contributed by atoms with Crippen molar-refractivity contribution in [3.8, 4) is 0 Å². The van der Waals surface area contributed by atoms with Crippen LogP contribution < -0.4 is 15.5 Å². The number of aromatic nitrogens is 1. The van der Waals surface area contributed by atoms with Crippen LogP contribution in [0.2, 0.25) is 0 Å². The van der Waals surface area contributed by atoms with Crippen molar-refractivity contribution >= 4 is 35.8 Å². The molecule has 0 atom stereocenters. The summed E-state index contributed by atoms with van der Waals surface area (Å²) in [4.78, 5) is 10.9. The number of nitrogens with one attached hydrogen (secondary N) is 2. The molecule has 6 nitrogen and oxygen atoms in total. The number of pyridine rings is 1. The average molecular weight is 463 g/mol. The number of ether oxygens (including phenoxy) is 1. The molecule has 0 spiro atoms. The second-order valence-corrected chi connectivity index (χ2v) is 6.33. The van der Waals surface area contributed by atoms with E-state index in [1.165, 1.54) is 0 Å². The molecule has 0 aromatic carbocycles. The Morgan fingerprint density at radius 2 is 2.04 bits per heavy atom. The molecular formula is C18H34IN5O. The molecule has 144 valence electrons. The monoisotopic (exact) mass is 463 g/mol. The minimum atomic E-state index is 0. The summed E-state index contributed by atoms with van der Waals surface area (Å²) in [7, 11) is 3.97. The summed E-state index contributed by atoms with van der Waals surface area (Å²) in [6.07, 6.45) is 2.92. The minimum Gasteiger partial charge on any atom is -0.380 e. The fraction of sp³-hybridized carbons (Fsp3) is 0.667. The molecule has 2 N–H and O–H groups in total. The van der Waals surface area contributed by atoms with Gasteiger partial charge in [-0.25, -0.2) is 9.98 Å². The Labute approximate surface area is 169 Å². The molecule has 1 aromatic heterocycles. The maximum absolute atomic E-state index is 5.62. The van der Waals surface area contributed by atoms with Crippen molar-refractivity contribution in [2.45, 2.75) is 33.7 Å². The number of hydrogen-bond donors (Lipinski definition) is 2. The fourth-order valence-corrected chi connectivity index (χ4v) is 1.98. The quantitative estimate of drug-likeness (QED) is 0.242. The van der Waals surface area contributed by atoms with Gasteiger partial charge in [0.1, 0.15) is 5.82 Å². The molecule has 1 heterocycles. The Hall–Kier alpha value is -1.09. The Morgan fingerprint density at radius 3 is 2.68 bits per heavy atom. The lowest BCUT2D eigenvalue weighted by molar-refractivity contribution is 0.128. The molecule has 0 radical (unpaired) electrons. The smallest absolute Gasteiger partial charge is 0.191 e. The van der Waals surface area contributed by atoms with Crippen LogP contribution >= 0.6 is 24.0 Å². The summed E-state index contributed by atoms with van der Waals surface area (Å²) in [5, 5.41) is 6.56. The van der Waals surface area contributed by atoms with E-state index in [-0.39, 0.29) is 24.0 Å². The van der Waals surface area contributed by atoms with Crippen LogP contribution in [0.1, 0.15) is 32.8 Å². The zero-order valence-electron chi connectivity index (χ0n) is 16.2. The van der Waals surface area contributed by atoms with Gasteiger partial charge in [-0.05, 0) is 37.0 Å². The third kappa shape index (κ3) is 11.2. The number of guanidine groups is 1. The highest BCUT2D eigenvalue weighted by molar-refractivity contribution is 14.0. The van der Waals surface area contributed by atoms with Crippen molar-refractivity contribution in [3.63, 3.8) is 0 Å². The first kappa shape index (κ1) is 23.9. The lowest BCUT2D eigenvalue weighted by atomic mass is 10.1. The second kappa shape index (κ2) is 14.1. The van der Waals surface area contributed by atoms with E-state index in [9.17, 15) is 0 Å². The molecule has 0 bridgehead atoms. The lowest BCUT2D eigenvalue weighted by Crippen LogP contribution is -2.39. The highest BCUT2D eigenvalue weighted by Crippen LogP contribution is 2.10. The van der Waals surface area contributed by atoms with E-state index in [0.717, 1.165) is 43.5 Å². The molecule has 7 heteroatoms. The maximum atomic E-state index is 5.62. The number of anilines is 1. The summed E-state index contributed by atoms with van der Waals surface area (Å²) < 4.78 is 5.62. The summed E-state index contributed by atoms with van der Waals surface area (Å²) in [5.74, 6) is 2.44. The zero-order chi connectivity index (χ0) is 17.8. The van der Waals surface area contributed by atoms with E-state index in [0.29, 0.717) is 19.1 Å². The minimum absolute atomic E-state index is 0. The first-order chi connectivity index (χ1) is 11.5. The van der Waals surface area contributed by atoms with Gasteiger partial charge >= 0.3 is 0 Å². The summed E-state index contributed by atoms with van der Waals surface area (Å²) >= 11 is 0. The van der Waals surface area contributed by atoms with Crippen LogP contribution in [0, 0.1) is 5.92 Å².